The first-order valence-corrected chi connectivity index (χ1v) is 10.2. The molecule has 0 heterocycles. The zero-order valence-corrected chi connectivity index (χ0v) is 18.5. The molecule has 2 aromatic rings. The number of carbonyl (C=O) groups excluding carboxylic acids is 1. The standard InChI is InChI=1S/C19H20Cl3N3O3S/c1-2-27-15-10-8-14(9-11-15)23-17(29)24-16(19(20,21)22)25-18(26)28-12-13-6-4-3-5-7-13/h3-11,16H,2,12H2,1H3,(H,25,26)(H2,23,24,29)/t16-/m0/s1. The molecular weight excluding hydrogens is 457 g/mol. The molecule has 156 valence electrons. The van der Waals surface area contributed by atoms with Gasteiger partial charge in [0.25, 0.3) is 0 Å². The summed E-state index contributed by atoms with van der Waals surface area (Å²) in [5.41, 5.74) is 1.52. The minimum atomic E-state index is -1.88. The van der Waals surface area contributed by atoms with Gasteiger partial charge in [-0.15, -0.1) is 0 Å². The first kappa shape index (κ1) is 23.3. The average Bonchev–Trinajstić information content (AvgIpc) is 2.68. The zero-order valence-electron chi connectivity index (χ0n) is 15.5. The molecule has 0 aliphatic carbocycles. The molecule has 0 saturated heterocycles. The zero-order chi connectivity index (χ0) is 21.3. The van der Waals surface area contributed by atoms with Crippen molar-refractivity contribution in [2.45, 2.75) is 23.5 Å². The second-order valence-corrected chi connectivity index (χ2v) is 8.51. The molecule has 0 aliphatic rings. The van der Waals surface area contributed by atoms with Gasteiger partial charge >= 0.3 is 6.09 Å². The number of carbonyl (C=O) groups is 1. The minimum absolute atomic E-state index is 0.0775. The van der Waals surface area contributed by atoms with Gasteiger partial charge in [-0.1, -0.05) is 65.1 Å². The summed E-state index contributed by atoms with van der Waals surface area (Å²) in [6.45, 7) is 2.55. The normalized spacial score (nSPS) is 11.9. The van der Waals surface area contributed by atoms with Crippen LogP contribution in [0.15, 0.2) is 54.6 Å². The third-order valence-electron chi connectivity index (χ3n) is 3.50. The highest BCUT2D eigenvalue weighted by atomic mass is 35.6. The van der Waals surface area contributed by atoms with E-state index in [0.717, 1.165) is 11.3 Å². The van der Waals surface area contributed by atoms with Gasteiger partial charge in [-0.3, -0.25) is 5.32 Å². The van der Waals surface area contributed by atoms with Gasteiger partial charge in [0.05, 0.1) is 6.61 Å². The number of rotatable bonds is 7. The van der Waals surface area contributed by atoms with E-state index >= 15 is 0 Å². The molecule has 1 atom stereocenters. The number of benzene rings is 2. The summed E-state index contributed by atoms with van der Waals surface area (Å²) >= 11 is 23.1. The summed E-state index contributed by atoms with van der Waals surface area (Å²) in [5.74, 6) is 0.735. The number of hydrogen-bond donors (Lipinski definition) is 3. The summed E-state index contributed by atoms with van der Waals surface area (Å²) in [7, 11) is 0. The van der Waals surface area contributed by atoms with Crippen LogP contribution < -0.4 is 20.7 Å². The number of hydrogen-bond acceptors (Lipinski definition) is 4. The molecule has 0 radical (unpaired) electrons. The molecule has 2 aromatic carbocycles. The molecule has 0 aliphatic heterocycles. The van der Waals surface area contributed by atoms with E-state index in [1.165, 1.54) is 0 Å². The Bertz CT molecular complexity index is 802. The van der Waals surface area contributed by atoms with Crippen LogP contribution in [0.4, 0.5) is 10.5 Å². The average molecular weight is 477 g/mol. The Balaban J connectivity index is 1.90. The maximum atomic E-state index is 12.1. The van der Waals surface area contributed by atoms with Crippen LogP contribution in [0.1, 0.15) is 12.5 Å². The van der Waals surface area contributed by atoms with Crippen LogP contribution in [0, 0.1) is 0 Å². The van der Waals surface area contributed by atoms with E-state index in [9.17, 15) is 4.79 Å². The Morgan fingerprint density at radius 3 is 2.31 bits per heavy atom. The van der Waals surface area contributed by atoms with E-state index in [1.807, 2.05) is 37.3 Å². The highest BCUT2D eigenvalue weighted by Gasteiger charge is 2.35. The van der Waals surface area contributed by atoms with E-state index in [4.69, 9.17) is 56.5 Å². The lowest BCUT2D eigenvalue weighted by Crippen LogP contribution is -2.56. The first-order chi connectivity index (χ1) is 13.8. The number of nitrogens with one attached hydrogen (secondary N) is 3. The van der Waals surface area contributed by atoms with Crippen LogP contribution >= 0.6 is 47.0 Å². The van der Waals surface area contributed by atoms with Gasteiger partial charge in [-0.05, 0) is 49.0 Å². The Morgan fingerprint density at radius 1 is 1.07 bits per heavy atom. The predicted octanol–water partition coefficient (Wildman–Crippen LogP) is 4.99. The lowest BCUT2D eigenvalue weighted by molar-refractivity contribution is 0.135. The monoisotopic (exact) mass is 475 g/mol. The van der Waals surface area contributed by atoms with Crippen molar-refractivity contribution in [3.8, 4) is 5.75 Å². The van der Waals surface area contributed by atoms with Gasteiger partial charge in [0.1, 0.15) is 12.4 Å². The third-order valence-corrected chi connectivity index (χ3v) is 4.38. The highest BCUT2D eigenvalue weighted by molar-refractivity contribution is 7.80. The topological polar surface area (TPSA) is 71.6 Å². The van der Waals surface area contributed by atoms with Gasteiger partial charge in [-0.2, -0.15) is 0 Å². The molecule has 0 fully saturated rings. The fraction of sp³-hybridized carbons (Fsp3) is 0.263. The summed E-state index contributed by atoms with van der Waals surface area (Å²) in [6, 6.07) is 16.3. The Morgan fingerprint density at radius 2 is 1.72 bits per heavy atom. The van der Waals surface area contributed by atoms with E-state index in [2.05, 4.69) is 16.0 Å². The first-order valence-electron chi connectivity index (χ1n) is 8.62. The van der Waals surface area contributed by atoms with Gasteiger partial charge < -0.3 is 20.1 Å². The van der Waals surface area contributed by atoms with Crippen LogP contribution in [-0.2, 0) is 11.3 Å². The van der Waals surface area contributed by atoms with Crippen molar-refractivity contribution in [1.29, 1.82) is 0 Å². The minimum Gasteiger partial charge on any atom is -0.494 e. The van der Waals surface area contributed by atoms with E-state index < -0.39 is 16.1 Å². The summed E-state index contributed by atoms with van der Waals surface area (Å²) in [5, 5.41) is 8.30. The lowest BCUT2D eigenvalue weighted by Gasteiger charge is -2.27. The van der Waals surface area contributed by atoms with Crippen molar-refractivity contribution < 1.29 is 14.3 Å². The smallest absolute Gasteiger partial charge is 0.409 e. The Labute approximate surface area is 189 Å². The summed E-state index contributed by atoms with van der Waals surface area (Å²) in [6.07, 6.45) is -1.89. The fourth-order valence-corrected chi connectivity index (χ4v) is 2.74. The Kier molecular flexibility index (Phi) is 9.10. The van der Waals surface area contributed by atoms with Crippen molar-refractivity contribution in [3.05, 3.63) is 60.2 Å². The number of amides is 1. The molecule has 0 spiro atoms. The second kappa shape index (κ2) is 11.3. The van der Waals surface area contributed by atoms with Crippen LogP contribution in [0.2, 0.25) is 0 Å². The number of halogens is 3. The largest absolute Gasteiger partial charge is 0.494 e. The number of alkyl halides is 3. The van der Waals surface area contributed by atoms with Crippen molar-refractivity contribution in [2.24, 2.45) is 0 Å². The number of alkyl carbamates (subject to hydrolysis) is 1. The number of thiocarbonyl (C=S) groups is 1. The molecule has 6 nitrogen and oxygen atoms in total. The van der Waals surface area contributed by atoms with E-state index in [1.54, 1.807) is 24.3 Å². The molecule has 10 heteroatoms. The van der Waals surface area contributed by atoms with Gasteiger partial charge in [0.2, 0.25) is 3.79 Å². The molecule has 3 N–H and O–H groups in total. The van der Waals surface area contributed by atoms with E-state index in [-0.39, 0.29) is 11.7 Å². The van der Waals surface area contributed by atoms with Crippen LogP contribution in [-0.4, -0.2) is 27.8 Å². The molecule has 1 amide bonds. The van der Waals surface area contributed by atoms with Gasteiger partial charge in [-0.25, -0.2) is 4.79 Å². The fourth-order valence-electron chi connectivity index (χ4n) is 2.18. The van der Waals surface area contributed by atoms with Crippen LogP contribution in [0.5, 0.6) is 5.75 Å². The van der Waals surface area contributed by atoms with Crippen LogP contribution in [0.25, 0.3) is 0 Å². The second-order valence-electron chi connectivity index (χ2n) is 5.74. The maximum Gasteiger partial charge on any atom is 0.409 e. The van der Waals surface area contributed by atoms with E-state index in [0.29, 0.717) is 12.3 Å². The predicted molar refractivity (Wildman–Crippen MR) is 121 cm³/mol. The maximum absolute atomic E-state index is 12.1. The molecule has 0 saturated carbocycles. The summed E-state index contributed by atoms with van der Waals surface area (Å²) in [4.78, 5) is 12.1. The molecule has 0 aromatic heterocycles. The highest BCUT2D eigenvalue weighted by Crippen LogP contribution is 2.29. The summed E-state index contributed by atoms with van der Waals surface area (Å²) < 4.78 is 8.65. The quantitative estimate of drug-likeness (QED) is 0.297. The molecule has 2 rings (SSSR count). The molecule has 0 bridgehead atoms. The van der Waals surface area contributed by atoms with Gasteiger partial charge in [0.15, 0.2) is 11.3 Å². The van der Waals surface area contributed by atoms with Crippen molar-refractivity contribution in [1.82, 2.24) is 10.6 Å². The number of anilines is 1. The van der Waals surface area contributed by atoms with Crippen LogP contribution in [0.3, 0.4) is 0 Å². The van der Waals surface area contributed by atoms with Crippen molar-refractivity contribution in [2.75, 3.05) is 11.9 Å². The molecular formula is C19H20Cl3N3O3S. The third kappa shape index (κ3) is 8.53. The lowest BCUT2D eigenvalue weighted by atomic mass is 10.2. The van der Waals surface area contributed by atoms with Gasteiger partial charge in [0, 0.05) is 5.69 Å². The van der Waals surface area contributed by atoms with Crippen molar-refractivity contribution in [3.63, 3.8) is 0 Å². The molecule has 29 heavy (non-hydrogen) atoms. The van der Waals surface area contributed by atoms with Crippen molar-refractivity contribution >= 4 is 63.9 Å². The SMILES string of the molecule is CCOc1ccc(NC(=S)N[C@@H](NC(=O)OCc2ccccc2)C(Cl)(Cl)Cl)cc1. The molecule has 0 unspecified atom stereocenters. The number of ether oxygens (including phenoxy) is 2. The Hall–Kier alpha value is -1.93.